The Kier molecular flexibility index (Phi) is 14.0. The van der Waals surface area contributed by atoms with E-state index in [1.54, 1.807) is 0 Å². The van der Waals surface area contributed by atoms with Gasteiger partial charge in [-0.25, -0.2) is 4.79 Å². The van der Waals surface area contributed by atoms with Crippen LogP contribution in [0.4, 0.5) is 4.79 Å². The molecule has 24 heavy (non-hydrogen) atoms. The summed E-state index contributed by atoms with van der Waals surface area (Å²) in [7, 11) is 0. The van der Waals surface area contributed by atoms with Gasteiger partial charge in [0.05, 0.1) is 0 Å². The van der Waals surface area contributed by atoms with Gasteiger partial charge >= 0.3 is 6.03 Å². The molecule has 0 saturated carbocycles. The molecule has 1 saturated heterocycles. The molecule has 2 amide bonds. The molecule has 1 fully saturated rings. The van der Waals surface area contributed by atoms with Gasteiger partial charge in [-0.1, -0.05) is 110 Å². The molecule has 1 aliphatic rings. The molecule has 0 bridgehead atoms. The molecular weight excluding hydrogens is 296 g/mol. The Morgan fingerprint density at radius 3 is 1.50 bits per heavy atom. The minimum Gasteiger partial charge on any atom is -0.336 e. The van der Waals surface area contributed by atoms with E-state index in [0.29, 0.717) is 6.04 Å². The fourth-order valence-electron chi connectivity index (χ4n) is 3.62. The Hall–Kier alpha value is -0.730. The molecule has 3 nitrogen and oxygen atoms in total. The third-order valence-corrected chi connectivity index (χ3v) is 5.25. The van der Waals surface area contributed by atoms with Crippen LogP contribution in [0.1, 0.15) is 116 Å². The standard InChI is InChI=1S/C21H42N2O/c1-2-3-4-5-6-7-8-9-10-11-12-13-14-15-16-17-18-20-19-22-21(24)23-20/h20H,2-19H2,1H3,(H2,22,23,24). The van der Waals surface area contributed by atoms with E-state index in [2.05, 4.69) is 17.6 Å². The first-order chi connectivity index (χ1) is 11.8. The van der Waals surface area contributed by atoms with Crippen molar-refractivity contribution in [3.05, 3.63) is 0 Å². The summed E-state index contributed by atoms with van der Waals surface area (Å²) < 4.78 is 0. The first-order valence-electron chi connectivity index (χ1n) is 10.9. The van der Waals surface area contributed by atoms with E-state index in [1.165, 1.54) is 103 Å². The third kappa shape index (κ3) is 12.7. The van der Waals surface area contributed by atoms with Crippen LogP contribution in [-0.2, 0) is 0 Å². The number of carbonyl (C=O) groups is 1. The predicted octanol–water partition coefficient (Wildman–Crippen LogP) is 6.32. The zero-order valence-electron chi connectivity index (χ0n) is 16.2. The first-order valence-corrected chi connectivity index (χ1v) is 10.9. The normalized spacial score (nSPS) is 17.0. The second-order valence-corrected chi connectivity index (χ2v) is 7.64. The highest BCUT2D eigenvalue weighted by Crippen LogP contribution is 2.14. The van der Waals surface area contributed by atoms with Gasteiger partial charge < -0.3 is 10.6 Å². The molecule has 1 rings (SSSR count). The zero-order valence-corrected chi connectivity index (χ0v) is 16.2. The number of rotatable bonds is 17. The molecule has 0 aliphatic carbocycles. The lowest BCUT2D eigenvalue weighted by molar-refractivity contribution is 0.247. The van der Waals surface area contributed by atoms with Gasteiger partial charge in [0, 0.05) is 12.6 Å². The summed E-state index contributed by atoms with van der Waals surface area (Å²) in [6, 6.07) is 0.389. The van der Waals surface area contributed by atoms with Crippen LogP contribution < -0.4 is 10.6 Å². The van der Waals surface area contributed by atoms with E-state index in [9.17, 15) is 4.79 Å². The maximum atomic E-state index is 11.0. The second kappa shape index (κ2) is 15.8. The molecule has 0 radical (unpaired) electrons. The van der Waals surface area contributed by atoms with E-state index in [-0.39, 0.29) is 6.03 Å². The predicted molar refractivity (Wildman–Crippen MR) is 104 cm³/mol. The smallest absolute Gasteiger partial charge is 0.315 e. The number of urea groups is 1. The number of nitrogens with one attached hydrogen (secondary N) is 2. The maximum Gasteiger partial charge on any atom is 0.315 e. The molecule has 0 aromatic carbocycles. The molecule has 1 atom stereocenters. The molecule has 0 aromatic heterocycles. The quantitative estimate of drug-likeness (QED) is 0.299. The fraction of sp³-hybridized carbons (Fsp3) is 0.952. The first kappa shape index (κ1) is 21.3. The average Bonchev–Trinajstić information content (AvgIpc) is 3.00. The topological polar surface area (TPSA) is 41.1 Å². The van der Waals surface area contributed by atoms with Crippen molar-refractivity contribution in [3.63, 3.8) is 0 Å². The summed E-state index contributed by atoms with van der Waals surface area (Å²) in [5.41, 5.74) is 0. The van der Waals surface area contributed by atoms with Crippen LogP contribution in [0.2, 0.25) is 0 Å². The van der Waals surface area contributed by atoms with Gasteiger partial charge in [0.25, 0.3) is 0 Å². The summed E-state index contributed by atoms with van der Waals surface area (Å²) in [5, 5.41) is 5.78. The highest BCUT2D eigenvalue weighted by molar-refractivity contribution is 5.76. The molecular formula is C21H42N2O. The van der Waals surface area contributed by atoms with Crippen molar-refractivity contribution in [3.8, 4) is 0 Å². The molecule has 0 spiro atoms. The molecule has 0 aromatic rings. The largest absolute Gasteiger partial charge is 0.336 e. The summed E-state index contributed by atoms with van der Waals surface area (Å²) in [4.78, 5) is 11.0. The Balaban J connectivity index is 1.67. The van der Waals surface area contributed by atoms with Crippen LogP contribution in [0.15, 0.2) is 0 Å². The van der Waals surface area contributed by atoms with Crippen LogP contribution in [0.3, 0.4) is 0 Å². The highest BCUT2D eigenvalue weighted by Gasteiger charge is 2.18. The Labute approximate surface area is 150 Å². The van der Waals surface area contributed by atoms with Crippen LogP contribution in [0.5, 0.6) is 0 Å². The highest BCUT2D eigenvalue weighted by atomic mass is 16.2. The van der Waals surface area contributed by atoms with E-state index in [0.717, 1.165) is 13.0 Å². The summed E-state index contributed by atoms with van der Waals surface area (Å²) in [5.74, 6) is 0. The Morgan fingerprint density at radius 2 is 1.12 bits per heavy atom. The minimum atomic E-state index is 0.0106. The van der Waals surface area contributed by atoms with Crippen molar-refractivity contribution < 1.29 is 4.79 Å². The monoisotopic (exact) mass is 338 g/mol. The van der Waals surface area contributed by atoms with Gasteiger partial charge in [-0.2, -0.15) is 0 Å². The summed E-state index contributed by atoms with van der Waals surface area (Å²) >= 11 is 0. The summed E-state index contributed by atoms with van der Waals surface area (Å²) in [6.07, 6.45) is 23.7. The van der Waals surface area contributed by atoms with Crippen molar-refractivity contribution >= 4 is 6.03 Å². The zero-order chi connectivity index (χ0) is 17.3. The molecule has 142 valence electrons. The minimum absolute atomic E-state index is 0.0106. The number of carbonyl (C=O) groups excluding carboxylic acids is 1. The van der Waals surface area contributed by atoms with Crippen LogP contribution in [0.25, 0.3) is 0 Å². The number of hydrogen-bond donors (Lipinski definition) is 2. The molecule has 1 aliphatic heterocycles. The average molecular weight is 339 g/mol. The van der Waals surface area contributed by atoms with Crippen LogP contribution >= 0.6 is 0 Å². The fourth-order valence-corrected chi connectivity index (χ4v) is 3.62. The van der Waals surface area contributed by atoms with E-state index in [1.807, 2.05) is 0 Å². The number of hydrogen-bond acceptors (Lipinski definition) is 1. The van der Waals surface area contributed by atoms with E-state index in [4.69, 9.17) is 0 Å². The Morgan fingerprint density at radius 1 is 0.708 bits per heavy atom. The van der Waals surface area contributed by atoms with Crippen molar-refractivity contribution in [2.45, 2.75) is 122 Å². The van der Waals surface area contributed by atoms with Gasteiger partial charge in [0.15, 0.2) is 0 Å². The Bertz CT molecular complexity index is 294. The second-order valence-electron chi connectivity index (χ2n) is 7.64. The van der Waals surface area contributed by atoms with E-state index >= 15 is 0 Å². The number of unbranched alkanes of at least 4 members (excludes halogenated alkanes) is 15. The lowest BCUT2D eigenvalue weighted by atomic mass is 10.0. The maximum absolute atomic E-state index is 11.0. The lowest BCUT2D eigenvalue weighted by Gasteiger charge is -2.07. The van der Waals surface area contributed by atoms with Gasteiger partial charge in [0.1, 0.15) is 0 Å². The van der Waals surface area contributed by atoms with Crippen molar-refractivity contribution in [2.75, 3.05) is 6.54 Å². The van der Waals surface area contributed by atoms with Gasteiger partial charge in [-0.05, 0) is 6.42 Å². The van der Waals surface area contributed by atoms with Crippen LogP contribution in [-0.4, -0.2) is 18.6 Å². The molecule has 3 heteroatoms. The van der Waals surface area contributed by atoms with E-state index < -0.39 is 0 Å². The lowest BCUT2D eigenvalue weighted by Crippen LogP contribution is -2.26. The van der Waals surface area contributed by atoms with Crippen LogP contribution in [0, 0.1) is 0 Å². The number of amides is 2. The third-order valence-electron chi connectivity index (χ3n) is 5.25. The van der Waals surface area contributed by atoms with Crippen molar-refractivity contribution in [1.29, 1.82) is 0 Å². The molecule has 1 unspecified atom stereocenters. The molecule has 2 N–H and O–H groups in total. The molecule has 1 heterocycles. The van der Waals surface area contributed by atoms with Gasteiger partial charge in [-0.3, -0.25) is 0 Å². The SMILES string of the molecule is CCCCCCCCCCCCCCCCCCC1CNC(=O)N1. The van der Waals surface area contributed by atoms with Gasteiger partial charge in [0.2, 0.25) is 0 Å². The van der Waals surface area contributed by atoms with Crippen molar-refractivity contribution in [2.24, 2.45) is 0 Å². The van der Waals surface area contributed by atoms with Crippen molar-refractivity contribution in [1.82, 2.24) is 10.6 Å². The van der Waals surface area contributed by atoms with Gasteiger partial charge in [-0.15, -0.1) is 0 Å². The summed E-state index contributed by atoms with van der Waals surface area (Å²) in [6.45, 7) is 3.10.